The van der Waals surface area contributed by atoms with Gasteiger partial charge in [0.15, 0.2) is 0 Å². The predicted molar refractivity (Wildman–Crippen MR) is 90.1 cm³/mol. The summed E-state index contributed by atoms with van der Waals surface area (Å²) < 4.78 is 24.3. The highest BCUT2D eigenvalue weighted by atomic mass is 35.5. The molecule has 0 aliphatic heterocycles. The van der Waals surface area contributed by atoms with E-state index >= 15 is 0 Å². The Kier molecular flexibility index (Phi) is 5.45. The van der Waals surface area contributed by atoms with Gasteiger partial charge in [0.1, 0.15) is 0 Å². The SMILES string of the molecule is CCC(=NNS(=O)(=O)c1ccc(Cl)cc1)c1ccc(Cl)cc1. The molecule has 2 rings (SSSR count). The molecule has 0 aliphatic carbocycles. The fourth-order valence-corrected chi connectivity index (χ4v) is 2.85. The lowest BCUT2D eigenvalue weighted by Gasteiger charge is -2.07. The van der Waals surface area contributed by atoms with Crippen LogP contribution in [0.1, 0.15) is 18.9 Å². The van der Waals surface area contributed by atoms with Gasteiger partial charge in [0, 0.05) is 10.0 Å². The largest absolute Gasteiger partial charge is 0.276 e. The Labute approximate surface area is 139 Å². The third kappa shape index (κ3) is 4.22. The first-order valence-corrected chi connectivity index (χ1v) is 8.76. The third-order valence-corrected chi connectivity index (χ3v) is 4.67. The van der Waals surface area contributed by atoms with Crippen LogP contribution in [-0.4, -0.2) is 14.1 Å². The number of benzene rings is 2. The van der Waals surface area contributed by atoms with E-state index in [1.807, 2.05) is 6.92 Å². The van der Waals surface area contributed by atoms with E-state index in [0.717, 1.165) is 5.56 Å². The van der Waals surface area contributed by atoms with Crippen molar-refractivity contribution in [2.45, 2.75) is 18.2 Å². The Morgan fingerprint density at radius 2 is 1.50 bits per heavy atom. The summed E-state index contributed by atoms with van der Waals surface area (Å²) in [6.45, 7) is 1.89. The van der Waals surface area contributed by atoms with Crippen molar-refractivity contribution >= 4 is 38.9 Å². The molecule has 4 nitrogen and oxygen atoms in total. The fraction of sp³-hybridized carbons (Fsp3) is 0.133. The van der Waals surface area contributed by atoms with Crippen LogP contribution in [0.2, 0.25) is 10.0 Å². The lowest BCUT2D eigenvalue weighted by atomic mass is 10.1. The van der Waals surface area contributed by atoms with Crippen molar-refractivity contribution in [1.29, 1.82) is 0 Å². The molecule has 0 radical (unpaired) electrons. The first-order valence-electron chi connectivity index (χ1n) is 6.52. The third-order valence-electron chi connectivity index (χ3n) is 2.94. The van der Waals surface area contributed by atoms with Crippen LogP contribution in [0.3, 0.4) is 0 Å². The van der Waals surface area contributed by atoms with Gasteiger partial charge < -0.3 is 0 Å². The number of nitrogens with zero attached hydrogens (tertiary/aromatic N) is 1. The zero-order valence-electron chi connectivity index (χ0n) is 11.8. The van der Waals surface area contributed by atoms with Gasteiger partial charge in [-0.25, -0.2) is 0 Å². The maximum Gasteiger partial charge on any atom is 0.276 e. The van der Waals surface area contributed by atoms with E-state index in [1.165, 1.54) is 24.3 Å². The predicted octanol–water partition coefficient (Wildman–Crippen LogP) is 4.09. The first-order chi connectivity index (χ1) is 10.4. The van der Waals surface area contributed by atoms with E-state index in [4.69, 9.17) is 23.2 Å². The second kappa shape index (κ2) is 7.13. The Balaban J connectivity index is 2.24. The maximum atomic E-state index is 12.2. The van der Waals surface area contributed by atoms with Gasteiger partial charge in [-0.1, -0.05) is 42.3 Å². The summed E-state index contributed by atoms with van der Waals surface area (Å²) >= 11 is 11.6. The number of nitrogens with one attached hydrogen (secondary N) is 1. The molecule has 0 spiro atoms. The molecule has 2 aromatic carbocycles. The van der Waals surface area contributed by atoms with Crippen molar-refractivity contribution in [2.24, 2.45) is 5.10 Å². The lowest BCUT2D eigenvalue weighted by molar-refractivity contribution is 0.584. The lowest BCUT2D eigenvalue weighted by Crippen LogP contribution is -2.20. The molecule has 0 atom stereocenters. The number of halogens is 2. The van der Waals surface area contributed by atoms with Crippen LogP contribution in [0.5, 0.6) is 0 Å². The van der Waals surface area contributed by atoms with Crippen LogP contribution in [0.4, 0.5) is 0 Å². The summed E-state index contributed by atoms with van der Waals surface area (Å²) in [5.74, 6) is 0. The van der Waals surface area contributed by atoms with Crippen molar-refractivity contribution in [3.8, 4) is 0 Å². The van der Waals surface area contributed by atoms with Crippen molar-refractivity contribution < 1.29 is 8.42 Å². The van der Waals surface area contributed by atoms with Gasteiger partial charge in [-0.2, -0.15) is 18.4 Å². The Morgan fingerprint density at radius 1 is 1.00 bits per heavy atom. The molecule has 0 aliphatic rings. The molecule has 0 bridgehead atoms. The minimum atomic E-state index is -3.72. The minimum Gasteiger partial charge on any atom is -0.200 e. The van der Waals surface area contributed by atoms with E-state index in [0.29, 0.717) is 22.2 Å². The summed E-state index contributed by atoms with van der Waals surface area (Å²) in [7, 11) is -3.72. The summed E-state index contributed by atoms with van der Waals surface area (Å²) in [6.07, 6.45) is 0.574. The molecule has 0 fully saturated rings. The van der Waals surface area contributed by atoms with Gasteiger partial charge in [0.2, 0.25) is 0 Å². The number of rotatable bonds is 5. The van der Waals surface area contributed by atoms with E-state index in [2.05, 4.69) is 9.93 Å². The molecule has 0 amide bonds. The van der Waals surface area contributed by atoms with Crippen molar-refractivity contribution in [3.05, 3.63) is 64.1 Å². The number of sulfonamides is 1. The molecule has 2 aromatic rings. The molecule has 0 heterocycles. The normalized spacial score (nSPS) is 12.2. The second-order valence-corrected chi connectivity index (χ2v) is 7.00. The molecule has 0 saturated carbocycles. The number of hydrogen-bond donors (Lipinski definition) is 1. The zero-order chi connectivity index (χ0) is 16.2. The highest BCUT2D eigenvalue weighted by Crippen LogP contribution is 2.15. The minimum absolute atomic E-state index is 0.104. The molecule has 116 valence electrons. The number of hydrazone groups is 1. The Bertz CT molecular complexity index is 770. The Hall–Kier alpha value is -1.56. The molecule has 0 aromatic heterocycles. The van der Waals surface area contributed by atoms with Crippen molar-refractivity contribution in [2.75, 3.05) is 0 Å². The van der Waals surface area contributed by atoms with Gasteiger partial charge >= 0.3 is 0 Å². The summed E-state index contributed by atoms with van der Waals surface area (Å²) in [5, 5.41) is 5.10. The quantitative estimate of drug-likeness (QED) is 0.647. The highest BCUT2D eigenvalue weighted by Gasteiger charge is 2.13. The molecular weight excluding hydrogens is 343 g/mol. The van der Waals surface area contributed by atoms with E-state index in [1.54, 1.807) is 24.3 Å². The molecule has 22 heavy (non-hydrogen) atoms. The Morgan fingerprint density at radius 3 is 2.00 bits per heavy atom. The van der Waals surface area contributed by atoms with Gasteiger partial charge in [0.25, 0.3) is 10.0 Å². The average molecular weight is 357 g/mol. The van der Waals surface area contributed by atoms with Crippen LogP contribution in [0.25, 0.3) is 0 Å². The van der Waals surface area contributed by atoms with Gasteiger partial charge in [-0.15, -0.1) is 0 Å². The van der Waals surface area contributed by atoms with E-state index < -0.39 is 10.0 Å². The topological polar surface area (TPSA) is 58.5 Å². The monoisotopic (exact) mass is 356 g/mol. The van der Waals surface area contributed by atoms with Gasteiger partial charge in [-0.3, -0.25) is 0 Å². The first kappa shape index (κ1) is 16.8. The second-order valence-electron chi connectivity index (χ2n) is 4.47. The van der Waals surface area contributed by atoms with Gasteiger partial charge in [0.05, 0.1) is 10.6 Å². The standard InChI is InChI=1S/C15H14Cl2N2O2S/c1-2-15(11-3-5-12(16)6-4-11)18-19-22(20,21)14-9-7-13(17)8-10-14/h3-10,19H,2H2,1H3. The summed E-state index contributed by atoms with van der Waals surface area (Å²) in [6, 6.07) is 12.9. The molecule has 0 unspecified atom stereocenters. The number of hydrogen-bond acceptors (Lipinski definition) is 3. The van der Waals surface area contributed by atoms with Crippen LogP contribution < -0.4 is 4.83 Å². The molecule has 0 saturated heterocycles. The van der Waals surface area contributed by atoms with Crippen LogP contribution in [0.15, 0.2) is 58.5 Å². The summed E-state index contributed by atoms with van der Waals surface area (Å²) in [5.41, 5.74) is 1.43. The van der Waals surface area contributed by atoms with Crippen molar-refractivity contribution in [3.63, 3.8) is 0 Å². The van der Waals surface area contributed by atoms with Crippen molar-refractivity contribution in [1.82, 2.24) is 4.83 Å². The van der Waals surface area contributed by atoms with E-state index in [9.17, 15) is 8.42 Å². The van der Waals surface area contributed by atoms with E-state index in [-0.39, 0.29) is 4.90 Å². The maximum absolute atomic E-state index is 12.2. The fourth-order valence-electron chi connectivity index (χ4n) is 1.77. The molecular formula is C15H14Cl2N2O2S. The average Bonchev–Trinajstić information content (AvgIpc) is 2.50. The van der Waals surface area contributed by atoms with Gasteiger partial charge in [-0.05, 0) is 48.4 Å². The molecule has 1 N–H and O–H groups in total. The van der Waals surface area contributed by atoms with Crippen LogP contribution >= 0.6 is 23.2 Å². The van der Waals surface area contributed by atoms with Crippen LogP contribution in [0, 0.1) is 0 Å². The summed E-state index contributed by atoms with van der Waals surface area (Å²) in [4.78, 5) is 2.35. The smallest absolute Gasteiger partial charge is 0.200 e. The highest BCUT2D eigenvalue weighted by molar-refractivity contribution is 7.89. The molecule has 7 heteroatoms. The van der Waals surface area contributed by atoms with Crippen LogP contribution in [-0.2, 0) is 10.0 Å². The zero-order valence-corrected chi connectivity index (χ0v) is 14.1.